The van der Waals surface area contributed by atoms with Gasteiger partial charge in [-0.1, -0.05) is 32.6 Å². The van der Waals surface area contributed by atoms with Gasteiger partial charge < -0.3 is 10.2 Å². The molecule has 18 heavy (non-hydrogen) atoms. The lowest BCUT2D eigenvalue weighted by Crippen LogP contribution is -2.48. The fraction of sp³-hybridized carbons (Fsp3) is 1.00. The zero-order valence-electron chi connectivity index (χ0n) is 12.5. The highest BCUT2D eigenvalue weighted by Crippen LogP contribution is 2.27. The first-order chi connectivity index (χ1) is 8.81. The zero-order chi connectivity index (χ0) is 12.8. The summed E-state index contributed by atoms with van der Waals surface area (Å²) in [5, 5.41) is 3.62. The largest absolute Gasteiger partial charge is 0.314 e. The van der Waals surface area contributed by atoms with Crippen molar-refractivity contribution in [2.45, 2.75) is 77.3 Å². The van der Waals surface area contributed by atoms with E-state index < -0.39 is 0 Å². The van der Waals surface area contributed by atoms with Gasteiger partial charge in [0.25, 0.3) is 0 Å². The molecular formula is C16H32N2. The van der Waals surface area contributed by atoms with Crippen molar-refractivity contribution in [1.82, 2.24) is 10.2 Å². The summed E-state index contributed by atoms with van der Waals surface area (Å²) >= 11 is 0. The first kappa shape index (κ1) is 14.3. The highest BCUT2D eigenvalue weighted by atomic mass is 15.2. The van der Waals surface area contributed by atoms with Gasteiger partial charge in [-0.15, -0.1) is 0 Å². The molecule has 0 spiro atoms. The molecule has 2 atom stereocenters. The quantitative estimate of drug-likeness (QED) is 0.771. The Balaban J connectivity index is 1.84. The van der Waals surface area contributed by atoms with Crippen LogP contribution in [0.15, 0.2) is 0 Å². The minimum Gasteiger partial charge on any atom is -0.314 e. The molecule has 2 heteroatoms. The normalized spacial score (nSPS) is 30.0. The maximum Gasteiger partial charge on any atom is 0.00953 e. The van der Waals surface area contributed by atoms with Gasteiger partial charge in [0, 0.05) is 18.6 Å². The van der Waals surface area contributed by atoms with Gasteiger partial charge in [0.1, 0.15) is 0 Å². The van der Waals surface area contributed by atoms with Gasteiger partial charge in [-0.2, -0.15) is 0 Å². The number of piperidine rings is 1. The standard InChI is InChI=1S/C16H32N2/c1-3-17-14(2)15-9-8-12-18(13-15)16-10-6-4-5-7-11-16/h14-17H,3-13H2,1-2H3. The van der Waals surface area contributed by atoms with Gasteiger partial charge in [-0.25, -0.2) is 0 Å². The second kappa shape index (κ2) is 7.49. The van der Waals surface area contributed by atoms with E-state index in [0.717, 1.165) is 18.5 Å². The van der Waals surface area contributed by atoms with Crippen LogP contribution in [-0.4, -0.2) is 36.6 Å². The van der Waals surface area contributed by atoms with E-state index in [-0.39, 0.29) is 0 Å². The molecule has 2 unspecified atom stereocenters. The summed E-state index contributed by atoms with van der Waals surface area (Å²) in [5.74, 6) is 0.877. The van der Waals surface area contributed by atoms with Crippen LogP contribution in [0.1, 0.15) is 65.2 Å². The van der Waals surface area contributed by atoms with Crippen LogP contribution in [0, 0.1) is 5.92 Å². The second-order valence-corrected chi connectivity index (χ2v) is 6.39. The third-order valence-corrected chi connectivity index (χ3v) is 5.06. The van der Waals surface area contributed by atoms with Crippen LogP contribution in [0.25, 0.3) is 0 Å². The Kier molecular flexibility index (Phi) is 5.97. The zero-order valence-corrected chi connectivity index (χ0v) is 12.5. The van der Waals surface area contributed by atoms with Crippen molar-refractivity contribution < 1.29 is 0 Å². The lowest BCUT2D eigenvalue weighted by molar-refractivity contribution is 0.0984. The van der Waals surface area contributed by atoms with Gasteiger partial charge >= 0.3 is 0 Å². The Morgan fingerprint density at radius 3 is 2.44 bits per heavy atom. The maximum atomic E-state index is 3.62. The molecule has 0 amide bonds. The van der Waals surface area contributed by atoms with Crippen LogP contribution in [0.3, 0.4) is 0 Å². The minimum atomic E-state index is 0.698. The van der Waals surface area contributed by atoms with Crippen molar-refractivity contribution in [3.63, 3.8) is 0 Å². The van der Waals surface area contributed by atoms with E-state index in [1.807, 2.05) is 0 Å². The smallest absolute Gasteiger partial charge is 0.00953 e. The lowest BCUT2D eigenvalue weighted by Gasteiger charge is -2.40. The Bertz CT molecular complexity index is 221. The van der Waals surface area contributed by atoms with Crippen molar-refractivity contribution >= 4 is 0 Å². The molecule has 1 saturated carbocycles. The van der Waals surface area contributed by atoms with Gasteiger partial charge in [-0.05, 0) is 51.6 Å². The molecule has 1 aliphatic heterocycles. The van der Waals surface area contributed by atoms with Gasteiger partial charge in [0.2, 0.25) is 0 Å². The summed E-state index contributed by atoms with van der Waals surface area (Å²) in [4.78, 5) is 2.83. The van der Waals surface area contributed by atoms with E-state index >= 15 is 0 Å². The predicted molar refractivity (Wildman–Crippen MR) is 78.9 cm³/mol. The van der Waals surface area contributed by atoms with Crippen LogP contribution >= 0.6 is 0 Å². The van der Waals surface area contributed by atoms with Crippen molar-refractivity contribution in [2.24, 2.45) is 5.92 Å². The monoisotopic (exact) mass is 252 g/mol. The molecule has 0 aromatic carbocycles. The number of nitrogens with one attached hydrogen (secondary N) is 1. The van der Waals surface area contributed by atoms with E-state index in [1.54, 1.807) is 0 Å². The summed E-state index contributed by atoms with van der Waals surface area (Å²) in [5.41, 5.74) is 0. The first-order valence-electron chi connectivity index (χ1n) is 8.28. The van der Waals surface area contributed by atoms with Crippen LogP contribution < -0.4 is 5.32 Å². The molecule has 2 nitrogen and oxygen atoms in total. The summed E-state index contributed by atoms with van der Waals surface area (Å²) in [6.07, 6.45) is 11.6. The van der Waals surface area contributed by atoms with E-state index in [1.165, 1.54) is 64.5 Å². The molecule has 0 bridgehead atoms. The van der Waals surface area contributed by atoms with Crippen LogP contribution in [0.2, 0.25) is 0 Å². The Morgan fingerprint density at radius 2 is 1.78 bits per heavy atom. The third-order valence-electron chi connectivity index (χ3n) is 5.06. The van der Waals surface area contributed by atoms with E-state index in [9.17, 15) is 0 Å². The average Bonchev–Trinajstić information content (AvgIpc) is 2.68. The number of likely N-dealkylation sites (tertiary alicyclic amines) is 1. The molecule has 1 aliphatic carbocycles. The Morgan fingerprint density at radius 1 is 1.06 bits per heavy atom. The van der Waals surface area contributed by atoms with Crippen LogP contribution in [-0.2, 0) is 0 Å². The van der Waals surface area contributed by atoms with Crippen molar-refractivity contribution in [3.05, 3.63) is 0 Å². The van der Waals surface area contributed by atoms with Gasteiger partial charge in [0.15, 0.2) is 0 Å². The number of rotatable bonds is 4. The number of hydrogen-bond donors (Lipinski definition) is 1. The van der Waals surface area contributed by atoms with Gasteiger partial charge in [-0.3, -0.25) is 0 Å². The fourth-order valence-electron chi connectivity index (χ4n) is 3.89. The molecule has 106 valence electrons. The number of nitrogens with zero attached hydrogens (tertiary/aromatic N) is 1. The second-order valence-electron chi connectivity index (χ2n) is 6.39. The summed E-state index contributed by atoms with van der Waals surface area (Å²) in [6, 6.07) is 1.60. The van der Waals surface area contributed by atoms with Crippen LogP contribution in [0.4, 0.5) is 0 Å². The van der Waals surface area contributed by atoms with E-state index in [4.69, 9.17) is 0 Å². The molecule has 2 rings (SSSR count). The molecular weight excluding hydrogens is 220 g/mol. The molecule has 2 aliphatic rings. The molecule has 0 radical (unpaired) electrons. The summed E-state index contributed by atoms with van der Waals surface area (Å²) < 4.78 is 0. The van der Waals surface area contributed by atoms with Crippen molar-refractivity contribution in [3.8, 4) is 0 Å². The molecule has 1 heterocycles. The van der Waals surface area contributed by atoms with Crippen molar-refractivity contribution in [2.75, 3.05) is 19.6 Å². The molecule has 1 saturated heterocycles. The fourth-order valence-corrected chi connectivity index (χ4v) is 3.89. The number of hydrogen-bond acceptors (Lipinski definition) is 2. The third kappa shape index (κ3) is 3.96. The molecule has 1 N–H and O–H groups in total. The topological polar surface area (TPSA) is 15.3 Å². The lowest BCUT2D eigenvalue weighted by atomic mass is 9.90. The molecule has 0 aromatic rings. The van der Waals surface area contributed by atoms with E-state index in [2.05, 4.69) is 24.1 Å². The Labute approximate surface area is 114 Å². The highest BCUT2D eigenvalue weighted by molar-refractivity contribution is 4.84. The Hall–Kier alpha value is -0.0800. The summed E-state index contributed by atoms with van der Waals surface area (Å²) in [6.45, 7) is 8.42. The highest BCUT2D eigenvalue weighted by Gasteiger charge is 2.28. The maximum absolute atomic E-state index is 3.62. The van der Waals surface area contributed by atoms with Crippen molar-refractivity contribution in [1.29, 1.82) is 0 Å². The van der Waals surface area contributed by atoms with E-state index in [0.29, 0.717) is 6.04 Å². The summed E-state index contributed by atoms with van der Waals surface area (Å²) in [7, 11) is 0. The minimum absolute atomic E-state index is 0.698. The SMILES string of the molecule is CCNC(C)C1CCCN(C2CCCCCC2)C1. The predicted octanol–water partition coefficient (Wildman–Crippen LogP) is 3.42. The molecule has 2 fully saturated rings. The van der Waals surface area contributed by atoms with Crippen LogP contribution in [0.5, 0.6) is 0 Å². The molecule has 0 aromatic heterocycles. The average molecular weight is 252 g/mol. The van der Waals surface area contributed by atoms with Gasteiger partial charge in [0.05, 0.1) is 0 Å². The first-order valence-corrected chi connectivity index (χ1v) is 8.28.